The molecule has 0 unspecified atom stereocenters. The molecule has 0 bridgehead atoms. The third-order valence-corrected chi connectivity index (χ3v) is 4.11. The van der Waals surface area contributed by atoms with Gasteiger partial charge >= 0.3 is 11.9 Å². The van der Waals surface area contributed by atoms with Crippen LogP contribution in [0.4, 0.5) is 5.69 Å². The largest absolute Gasteiger partial charge is 0.492 e. The maximum Gasteiger partial charge on any atom is 0.350 e. The van der Waals surface area contributed by atoms with Crippen LogP contribution in [0.1, 0.15) is 13.8 Å². The van der Waals surface area contributed by atoms with Gasteiger partial charge in [-0.2, -0.15) is 0 Å². The van der Waals surface area contributed by atoms with Crippen molar-refractivity contribution in [3.63, 3.8) is 0 Å². The van der Waals surface area contributed by atoms with Gasteiger partial charge in [-0.3, -0.25) is 4.90 Å². The van der Waals surface area contributed by atoms with Crippen LogP contribution in [0.2, 0.25) is 0 Å². The zero-order valence-electron chi connectivity index (χ0n) is 15.5. The fourth-order valence-electron chi connectivity index (χ4n) is 2.73. The molecule has 1 aromatic carbocycles. The van der Waals surface area contributed by atoms with Gasteiger partial charge in [0.15, 0.2) is 5.57 Å². The Morgan fingerprint density at radius 2 is 1.89 bits per heavy atom. The van der Waals surface area contributed by atoms with Crippen molar-refractivity contribution in [2.75, 3.05) is 44.8 Å². The summed E-state index contributed by atoms with van der Waals surface area (Å²) < 4.78 is 21.2. The van der Waals surface area contributed by atoms with E-state index in [0.29, 0.717) is 18.0 Å². The van der Waals surface area contributed by atoms with Crippen molar-refractivity contribution in [2.45, 2.75) is 19.6 Å². The number of hydrogen-bond acceptors (Lipinski definition) is 8. The number of carbonyl (C=O) groups is 2. The zero-order chi connectivity index (χ0) is 19.3. The average molecular weight is 376 g/mol. The Balaban J connectivity index is 1.54. The van der Waals surface area contributed by atoms with Crippen LogP contribution in [0.3, 0.4) is 0 Å². The SMILES string of the molecule is CC1(C)OC(=O)C(=CNc2cccc(OCCN3CCOCC3)c2)C(=O)O1. The van der Waals surface area contributed by atoms with E-state index in [1.165, 1.54) is 20.0 Å². The molecule has 146 valence electrons. The molecule has 27 heavy (non-hydrogen) atoms. The molecule has 1 N–H and O–H groups in total. The molecule has 0 saturated carbocycles. The number of esters is 2. The number of anilines is 1. The minimum atomic E-state index is -1.25. The fraction of sp³-hybridized carbons (Fsp3) is 0.474. The molecule has 0 aliphatic carbocycles. The Bertz CT molecular complexity index is 703. The third-order valence-electron chi connectivity index (χ3n) is 4.11. The third kappa shape index (κ3) is 5.45. The van der Waals surface area contributed by atoms with Gasteiger partial charge < -0.3 is 24.3 Å². The molecule has 8 heteroatoms. The Kier molecular flexibility index (Phi) is 5.98. The number of nitrogens with one attached hydrogen (secondary N) is 1. The van der Waals surface area contributed by atoms with Gasteiger partial charge in [0.05, 0.1) is 13.2 Å². The minimum absolute atomic E-state index is 0.187. The quantitative estimate of drug-likeness (QED) is 0.454. The Labute approximate surface area is 158 Å². The van der Waals surface area contributed by atoms with E-state index in [0.717, 1.165) is 32.8 Å². The first-order chi connectivity index (χ1) is 12.9. The Morgan fingerprint density at radius 3 is 2.59 bits per heavy atom. The number of morpholine rings is 1. The summed E-state index contributed by atoms with van der Waals surface area (Å²) in [4.78, 5) is 26.2. The van der Waals surface area contributed by atoms with Gasteiger partial charge in [-0.25, -0.2) is 9.59 Å². The fourth-order valence-corrected chi connectivity index (χ4v) is 2.73. The molecule has 3 rings (SSSR count). The molecular formula is C19H24N2O6. The molecule has 1 aromatic rings. The lowest BCUT2D eigenvalue weighted by molar-refractivity contribution is -0.222. The lowest BCUT2D eigenvalue weighted by atomic mass is 10.2. The summed E-state index contributed by atoms with van der Waals surface area (Å²) >= 11 is 0. The Hall–Kier alpha value is -2.58. The molecule has 2 saturated heterocycles. The number of ether oxygens (including phenoxy) is 4. The van der Waals surface area contributed by atoms with Gasteiger partial charge in [-0.15, -0.1) is 0 Å². The van der Waals surface area contributed by atoms with Crippen molar-refractivity contribution in [2.24, 2.45) is 0 Å². The van der Waals surface area contributed by atoms with Crippen LogP contribution in [0.15, 0.2) is 36.0 Å². The normalized spacial score (nSPS) is 19.9. The van der Waals surface area contributed by atoms with Crippen LogP contribution in [-0.4, -0.2) is 62.1 Å². The van der Waals surface area contributed by atoms with E-state index in [1.54, 1.807) is 12.1 Å². The number of nitrogens with zero attached hydrogens (tertiary/aromatic N) is 1. The van der Waals surface area contributed by atoms with Crippen LogP contribution in [-0.2, 0) is 23.8 Å². The number of hydrogen-bond donors (Lipinski definition) is 1. The highest BCUT2D eigenvalue weighted by Gasteiger charge is 2.38. The molecule has 0 spiro atoms. The van der Waals surface area contributed by atoms with Gasteiger partial charge in [-0.1, -0.05) is 6.07 Å². The summed E-state index contributed by atoms with van der Waals surface area (Å²) in [6.07, 6.45) is 1.28. The lowest BCUT2D eigenvalue weighted by Gasteiger charge is -2.29. The highest BCUT2D eigenvalue weighted by Crippen LogP contribution is 2.23. The van der Waals surface area contributed by atoms with Crippen LogP contribution < -0.4 is 10.1 Å². The Morgan fingerprint density at radius 1 is 1.19 bits per heavy atom. The molecule has 2 aliphatic heterocycles. The first-order valence-corrected chi connectivity index (χ1v) is 8.89. The summed E-state index contributed by atoms with van der Waals surface area (Å²) in [7, 11) is 0. The molecule has 2 fully saturated rings. The van der Waals surface area contributed by atoms with Crippen molar-refractivity contribution >= 4 is 17.6 Å². The topological polar surface area (TPSA) is 86.3 Å². The zero-order valence-corrected chi connectivity index (χ0v) is 15.5. The maximum absolute atomic E-state index is 11.9. The van der Waals surface area contributed by atoms with Crippen molar-refractivity contribution < 1.29 is 28.5 Å². The van der Waals surface area contributed by atoms with Gasteiger partial charge in [-0.05, 0) is 12.1 Å². The summed E-state index contributed by atoms with van der Waals surface area (Å²) in [5.41, 5.74) is 0.491. The van der Waals surface area contributed by atoms with E-state index >= 15 is 0 Å². The highest BCUT2D eigenvalue weighted by molar-refractivity contribution is 6.15. The van der Waals surface area contributed by atoms with Crippen LogP contribution >= 0.6 is 0 Å². The second-order valence-electron chi connectivity index (χ2n) is 6.71. The van der Waals surface area contributed by atoms with E-state index in [-0.39, 0.29) is 5.57 Å². The van der Waals surface area contributed by atoms with Crippen molar-refractivity contribution in [1.82, 2.24) is 4.90 Å². The summed E-state index contributed by atoms with van der Waals surface area (Å²) in [6, 6.07) is 7.27. The van der Waals surface area contributed by atoms with Crippen LogP contribution in [0, 0.1) is 0 Å². The molecule has 0 atom stereocenters. The van der Waals surface area contributed by atoms with E-state index < -0.39 is 17.7 Å². The van der Waals surface area contributed by atoms with E-state index in [2.05, 4.69) is 10.2 Å². The minimum Gasteiger partial charge on any atom is -0.492 e. The molecule has 2 heterocycles. The number of benzene rings is 1. The maximum atomic E-state index is 11.9. The van der Waals surface area contributed by atoms with Crippen LogP contribution in [0.25, 0.3) is 0 Å². The molecular weight excluding hydrogens is 352 g/mol. The molecule has 8 nitrogen and oxygen atoms in total. The summed E-state index contributed by atoms with van der Waals surface area (Å²) in [5, 5.41) is 2.91. The van der Waals surface area contributed by atoms with Gasteiger partial charge in [0.1, 0.15) is 12.4 Å². The molecule has 0 amide bonds. The molecule has 2 aliphatic rings. The predicted molar refractivity (Wildman–Crippen MR) is 97.2 cm³/mol. The summed E-state index contributed by atoms with van der Waals surface area (Å²) in [6.45, 7) is 7.77. The van der Waals surface area contributed by atoms with Gasteiger partial charge in [0.25, 0.3) is 5.79 Å². The van der Waals surface area contributed by atoms with Crippen molar-refractivity contribution in [3.05, 3.63) is 36.0 Å². The van der Waals surface area contributed by atoms with Crippen molar-refractivity contribution in [3.8, 4) is 5.75 Å². The molecule has 0 aromatic heterocycles. The van der Waals surface area contributed by atoms with E-state index in [9.17, 15) is 9.59 Å². The smallest absolute Gasteiger partial charge is 0.350 e. The second kappa shape index (κ2) is 8.41. The average Bonchev–Trinajstić information content (AvgIpc) is 2.61. The monoisotopic (exact) mass is 376 g/mol. The van der Waals surface area contributed by atoms with E-state index in [1.807, 2.05) is 12.1 Å². The van der Waals surface area contributed by atoms with Gasteiger partial charge in [0, 0.05) is 51.4 Å². The second-order valence-corrected chi connectivity index (χ2v) is 6.71. The van der Waals surface area contributed by atoms with E-state index in [4.69, 9.17) is 18.9 Å². The van der Waals surface area contributed by atoms with Gasteiger partial charge in [0.2, 0.25) is 0 Å². The lowest BCUT2D eigenvalue weighted by Crippen LogP contribution is -2.42. The van der Waals surface area contributed by atoms with Crippen molar-refractivity contribution in [1.29, 1.82) is 0 Å². The number of cyclic esters (lactones) is 2. The standard InChI is InChI=1S/C19H24N2O6/c1-19(2)26-17(22)16(18(23)27-19)13-20-14-4-3-5-15(12-14)25-11-8-21-6-9-24-10-7-21/h3-5,12-13,20H,6-11H2,1-2H3. The number of carbonyl (C=O) groups excluding carboxylic acids is 2. The van der Waals surface area contributed by atoms with Crippen LogP contribution in [0.5, 0.6) is 5.75 Å². The first-order valence-electron chi connectivity index (χ1n) is 8.89. The highest BCUT2D eigenvalue weighted by atomic mass is 16.7. The first kappa shape index (κ1) is 19.2. The predicted octanol–water partition coefficient (Wildman–Crippen LogP) is 1.53. The number of rotatable bonds is 6. The summed E-state index contributed by atoms with van der Waals surface area (Å²) in [5.74, 6) is -2.00. The molecule has 0 radical (unpaired) electrons.